The summed E-state index contributed by atoms with van der Waals surface area (Å²) >= 11 is 3.20. The molecule has 0 radical (unpaired) electrons. The van der Waals surface area contributed by atoms with Gasteiger partial charge in [0.2, 0.25) is 0 Å². The quantitative estimate of drug-likeness (QED) is 0.401. The third-order valence-electron chi connectivity index (χ3n) is 3.97. The van der Waals surface area contributed by atoms with Crippen LogP contribution in [0.3, 0.4) is 0 Å². The zero-order valence-electron chi connectivity index (χ0n) is 18.9. The van der Waals surface area contributed by atoms with Crippen LogP contribution in [0.4, 0.5) is 15.4 Å². The van der Waals surface area contributed by atoms with Gasteiger partial charge in [-0.2, -0.15) is 4.90 Å². The molecule has 31 heavy (non-hydrogen) atoms. The number of ether oxygens (including phenoxy) is 3. The molecular weight excluding hydrogens is 468 g/mol. The van der Waals surface area contributed by atoms with Crippen molar-refractivity contribution >= 4 is 50.6 Å². The maximum absolute atomic E-state index is 13.2. The molecule has 170 valence electrons. The van der Waals surface area contributed by atoms with Crippen LogP contribution in [0.25, 0.3) is 10.9 Å². The van der Waals surface area contributed by atoms with Crippen molar-refractivity contribution in [3.05, 3.63) is 29.8 Å². The topological polar surface area (TPSA) is 87.1 Å². The predicted molar refractivity (Wildman–Crippen MR) is 122 cm³/mol. The van der Waals surface area contributed by atoms with E-state index in [0.29, 0.717) is 10.9 Å². The zero-order chi connectivity index (χ0) is 23.6. The summed E-state index contributed by atoms with van der Waals surface area (Å²) in [7, 11) is 1.48. The molecule has 2 amide bonds. The second kappa shape index (κ2) is 9.40. The van der Waals surface area contributed by atoms with Crippen molar-refractivity contribution in [1.82, 2.24) is 4.57 Å². The first-order valence-electron chi connectivity index (χ1n) is 9.76. The number of Topliss-reactive ketones (excluding diaryl/α,β-unsaturated/α-hetero) is 1. The fourth-order valence-corrected chi connectivity index (χ4v) is 3.27. The Bertz CT molecular complexity index is 956. The minimum Gasteiger partial charge on any atom is -0.443 e. The standard InChI is InChI=1S/C22H29BrN2O6/c1-21(2,3)30-19(27)25(20(28)31-22(4,5)6)18-17(16(26)12-23)14-10-8-9-11-15(14)24(18)13-29-7/h8-11H,12-13H2,1-7H3. The molecule has 0 aliphatic heterocycles. The number of halogens is 1. The summed E-state index contributed by atoms with van der Waals surface area (Å²) in [6.45, 7) is 10.1. The van der Waals surface area contributed by atoms with E-state index in [4.69, 9.17) is 14.2 Å². The van der Waals surface area contributed by atoms with Crippen LogP contribution in [-0.2, 0) is 20.9 Å². The number of rotatable bonds is 5. The number of hydrogen-bond acceptors (Lipinski definition) is 6. The van der Waals surface area contributed by atoms with E-state index in [1.165, 1.54) is 7.11 Å². The van der Waals surface area contributed by atoms with E-state index < -0.39 is 23.4 Å². The summed E-state index contributed by atoms with van der Waals surface area (Å²) in [5.74, 6) is -0.269. The van der Waals surface area contributed by atoms with Crippen molar-refractivity contribution in [3.8, 4) is 0 Å². The molecule has 9 heteroatoms. The molecule has 0 spiro atoms. The van der Waals surface area contributed by atoms with Crippen LogP contribution in [0.5, 0.6) is 0 Å². The number of para-hydroxylation sites is 1. The van der Waals surface area contributed by atoms with E-state index in [1.54, 1.807) is 70.4 Å². The van der Waals surface area contributed by atoms with E-state index in [-0.39, 0.29) is 29.2 Å². The Morgan fingerprint density at radius 2 is 1.48 bits per heavy atom. The summed E-state index contributed by atoms with van der Waals surface area (Å²) in [4.78, 5) is 40.1. The summed E-state index contributed by atoms with van der Waals surface area (Å²) in [5.41, 5.74) is -0.939. The molecule has 8 nitrogen and oxygen atoms in total. The Labute approximate surface area is 190 Å². The molecule has 0 fully saturated rings. The summed E-state index contributed by atoms with van der Waals surface area (Å²) in [6.07, 6.45) is -1.91. The maximum atomic E-state index is 13.2. The Hall–Kier alpha value is -2.39. The largest absolute Gasteiger partial charge is 0.443 e. The normalized spacial score (nSPS) is 12.0. The van der Waals surface area contributed by atoms with Crippen LogP contribution in [0.2, 0.25) is 0 Å². The number of aromatic nitrogens is 1. The van der Waals surface area contributed by atoms with Crippen molar-refractivity contribution in [1.29, 1.82) is 0 Å². The number of hydrogen-bond donors (Lipinski definition) is 0. The van der Waals surface area contributed by atoms with Gasteiger partial charge in [0.25, 0.3) is 0 Å². The number of fused-ring (bicyclic) bond motifs is 1. The summed E-state index contributed by atoms with van der Waals surface area (Å²) < 4.78 is 17.9. The lowest BCUT2D eigenvalue weighted by atomic mass is 10.1. The van der Waals surface area contributed by atoms with E-state index in [0.717, 1.165) is 4.90 Å². The van der Waals surface area contributed by atoms with Gasteiger partial charge < -0.3 is 18.8 Å². The van der Waals surface area contributed by atoms with Crippen LogP contribution in [-0.4, -0.2) is 46.2 Å². The van der Waals surface area contributed by atoms with Crippen LogP contribution < -0.4 is 4.90 Å². The van der Waals surface area contributed by atoms with E-state index in [9.17, 15) is 14.4 Å². The number of carbonyl (C=O) groups is 3. The number of nitrogens with zero attached hydrogens (tertiary/aromatic N) is 2. The Morgan fingerprint density at radius 3 is 1.94 bits per heavy atom. The minimum atomic E-state index is -0.953. The lowest BCUT2D eigenvalue weighted by Crippen LogP contribution is -2.45. The highest BCUT2D eigenvalue weighted by Crippen LogP contribution is 2.35. The average molecular weight is 497 g/mol. The smallest absolute Gasteiger partial charge is 0.425 e. The van der Waals surface area contributed by atoms with Crippen molar-refractivity contribution in [2.24, 2.45) is 0 Å². The molecule has 0 aliphatic carbocycles. The van der Waals surface area contributed by atoms with E-state index in [1.807, 2.05) is 0 Å². The molecule has 0 saturated carbocycles. The average Bonchev–Trinajstić information content (AvgIpc) is 2.93. The summed E-state index contributed by atoms with van der Waals surface area (Å²) in [5, 5.41) is 0.577. The zero-order valence-corrected chi connectivity index (χ0v) is 20.5. The molecular formula is C22H29BrN2O6. The van der Waals surface area contributed by atoms with Gasteiger partial charge >= 0.3 is 12.2 Å². The van der Waals surface area contributed by atoms with Gasteiger partial charge in [-0.3, -0.25) is 4.79 Å². The number of anilines is 1. The molecule has 0 atom stereocenters. The Kier molecular flexibility index (Phi) is 7.54. The minimum absolute atomic E-state index is 0.00251. The fourth-order valence-electron chi connectivity index (χ4n) is 2.99. The van der Waals surface area contributed by atoms with E-state index >= 15 is 0 Å². The third kappa shape index (κ3) is 5.86. The van der Waals surface area contributed by atoms with Crippen LogP contribution >= 0.6 is 15.9 Å². The fraction of sp³-hybridized carbons (Fsp3) is 0.500. The lowest BCUT2D eigenvalue weighted by Gasteiger charge is -2.29. The highest BCUT2D eigenvalue weighted by atomic mass is 79.9. The monoisotopic (exact) mass is 496 g/mol. The van der Waals surface area contributed by atoms with Crippen molar-refractivity contribution in [2.45, 2.75) is 59.5 Å². The molecule has 2 aromatic rings. The number of alkyl halides is 1. The number of benzene rings is 1. The first-order valence-corrected chi connectivity index (χ1v) is 10.9. The molecule has 0 aliphatic rings. The molecule has 1 aromatic carbocycles. The van der Waals surface area contributed by atoms with Gasteiger partial charge in [-0.25, -0.2) is 9.59 Å². The molecule has 0 saturated heterocycles. The number of carbonyl (C=O) groups excluding carboxylic acids is 3. The van der Waals surface area contributed by atoms with Crippen molar-refractivity contribution in [2.75, 3.05) is 17.3 Å². The second-order valence-electron chi connectivity index (χ2n) is 8.91. The highest BCUT2D eigenvalue weighted by molar-refractivity contribution is 9.09. The molecule has 1 aromatic heterocycles. The van der Waals surface area contributed by atoms with Gasteiger partial charge in [-0.15, -0.1) is 0 Å². The number of methoxy groups -OCH3 is 1. The second-order valence-corrected chi connectivity index (χ2v) is 9.48. The maximum Gasteiger partial charge on any atom is 0.425 e. The molecule has 0 N–H and O–H groups in total. The SMILES string of the molecule is COCn1c(N(C(=O)OC(C)(C)C)C(=O)OC(C)(C)C)c(C(=O)CBr)c2ccccc21. The Morgan fingerprint density at radius 1 is 0.968 bits per heavy atom. The van der Waals surface area contributed by atoms with Crippen molar-refractivity contribution in [3.63, 3.8) is 0 Å². The summed E-state index contributed by atoms with van der Waals surface area (Å²) in [6, 6.07) is 7.11. The molecule has 0 bridgehead atoms. The van der Waals surface area contributed by atoms with Gasteiger partial charge in [0, 0.05) is 12.5 Å². The van der Waals surface area contributed by atoms with Crippen LogP contribution in [0, 0.1) is 0 Å². The first-order chi connectivity index (χ1) is 14.3. The van der Waals surface area contributed by atoms with Gasteiger partial charge in [0.15, 0.2) is 5.78 Å². The first kappa shape index (κ1) is 24.9. The Balaban J connectivity index is 2.86. The molecule has 1 heterocycles. The van der Waals surface area contributed by atoms with Gasteiger partial charge in [-0.1, -0.05) is 34.1 Å². The van der Waals surface area contributed by atoms with E-state index in [2.05, 4.69) is 15.9 Å². The van der Waals surface area contributed by atoms with Crippen LogP contribution in [0.1, 0.15) is 51.9 Å². The number of amides is 2. The van der Waals surface area contributed by atoms with Crippen molar-refractivity contribution < 1.29 is 28.6 Å². The number of ketones is 1. The van der Waals surface area contributed by atoms with Gasteiger partial charge in [0.05, 0.1) is 16.4 Å². The van der Waals surface area contributed by atoms with Gasteiger partial charge in [0.1, 0.15) is 23.8 Å². The van der Waals surface area contributed by atoms with Crippen LogP contribution in [0.15, 0.2) is 24.3 Å². The highest BCUT2D eigenvalue weighted by Gasteiger charge is 2.38. The molecule has 2 rings (SSSR count). The predicted octanol–water partition coefficient (Wildman–Crippen LogP) is 5.50. The van der Waals surface area contributed by atoms with Gasteiger partial charge in [-0.05, 0) is 47.6 Å². The molecule has 0 unspecified atom stereocenters. The third-order valence-corrected chi connectivity index (χ3v) is 4.48. The number of imide groups is 1. The lowest BCUT2D eigenvalue weighted by molar-refractivity contribution is 0.0424.